The van der Waals surface area contributed by atoms with Crippen molar-refractivity contribution in [1.29, 1.82) is 0 Å². The van der Waals surface area contributed by atoms with E-state index in [9.17, 15) is 0 Å². The van der Waals surface area contributed by atoms with Gasteiger partial charge in [0.1, 0.15) is 11.6 Å². The number of imidazole rings is 1. The second-order valence-electron chi connectivity index (χ2n) is 4.41. The maximum absolute atomic E-state index is 5.28. The summed E-state index contributed by atoms with van der Waals surface area (Å²) in [6, 6.07) is 12.2. The van der Waals surface area contributed by atoms with Crippen LogP contribution in [0.3, 0.4) is 0 Å². The van der Waals surface area contributed by atoms with Crippen LogP contribution in [0, 0.1) is 10.5 Å². The molecule has 1 N–H and O–H groups in total. The van der Waals surface area contributed by atoms with Crippen molar-refractivity contribution in [3.63, 3.8) is 0 Å². The number of hydrogen-bond donors (Lipinski definition) is 1. The molecule has 0 atom stereocenters. The molecule has 0 amide bonds. The van der Waals surface area contributed by atoms with Gasteiger partial charge in [0.05, 0.1) is 21.7 Å². The molecule has 3 nitrogen and oxygen atoms in total. The fraction of sp³-hybridized carbons (Fsp3) is 0.133. The van der Waals surface area contributed by atoms with Crippen LogP contribution in [0.4, 0.5) is 0 Å². The van der Waals surface area contributed by atoms with Gasteiger partial charge in [-0.05, 0) is 59.3 Å². The predicted molar refractivity (Wildman–Crippen MR) is 85.5 cm³/mol. The van der Waals surface area contributed by atoms with Crippen LogP contribution < -0.4 is 4.74 Å². The Hall–Kier alpha value is -1.56. The van der Waals surface area contributed by atoms with E-state index in [1.807, 2.05) is 24.3 Å². The Morgan fingerprint density at radius 1 is 1.21 bits per heavy atom. The molecule has 2 aromatic carbocycles. The van der Waals surface area contributed by atoms with Crippen LogP contribution in [0.5, 0.6) is 5.75 Å². The highest BCUT2D eigenvalue weighted by Crippen LogP contribution is 2.28. The maximum atomic E-state index is 5.28. The van der Waals surface area contributed by atoms with Gasteiger partial charge in [-0.25, -0.2) is 4.98 Å². The van der Waals surface area contributed by atoms with Gasteiger partial charge < -0.3 is 9.72 Å². The number of para-hydroxylation sites is 1. The van der Waals surface area contributed by atoms with Gasteiger partial charge in [0, 0.05) is 5.56 Å². The minimum atomic E-state index is 0.886. The molecule has 1 aromatic heterocycles. The molecule has 0 fully saturated rings. The molecule has 0 aliphatic rings. The standard InChI is InChI=1S/C15H13IN2O/c1-9-4-3-5-12-14(9)18-15(17-12)10-6-7-13(19-2)11(16)8-10/h3-8H,1-2H3,(H,17,18). The molecular formula is C15H13IN2O. The number of hydrogen-bond acceptors (Lipinski definition) is 2. The van der Waals surface area contributed by atoms with Crippen LogP contribution in [-0.4, -0.2) is 17.1 Å². The average Bonchev–Trinajstić information content (AvgIpc) is 2.84. The summed E-state index contributed by atoms with van der Waals surface area (Å²) in [6.45, 7) is 2.07. The average molecular weight is 364 g/mol. The van der Waals surface area contributed by atoms with Gasteiger partial charge in [0.15, 0.2) is 0 Å². The Kier molecular flexibility index (Phi) is 3.18. The minimum absolute atomic E-state index is 0.886. The SMILES string of the molecule is COc1ccc(-c2nc3c(C)cccc3[nH]2)cc1I. The number of fused-ring (bicyclic) bond motifs is 1. The number of ether oxygens (including phenoxy) is 1. The molecule has 0 spiro atoms. The summed E-state index contributed by atoms with van der Waals surface area (Å²) in [5, 5.41) is 0. The lowest BCUT2D eigenvalue weighted by Crippen LogP contribution is -1.88. The van der Waals surface area contributed by atoms with Crippen LogP contribution in [0.25, 0.3) is 22.4 Å². The lowest BCUT2D eigenvalue weighted by Gasteiger charge is -2.04. The molecule has 0 radical (unpaired) electrons. The Bertz CT molecular complexity index is 749. The van der Waals surface area contributed by atoms with Crippen molar-refractivity contribution in [2.45, 2.75) is 6.92 Å². The molecule has 19 heavy (non-hydrogen) atoms. The van der Waals surface area contributed by atoms with Crippen molar-refractivity contribution in [3.8, 4) is 17.1 Å². The first-order valence-corrected chi connectivity index (χ1v) is 7.06. The van der Waals surface area contributed by atoms with Gasteiger partial charge in [-0.15, -0.1) is 0 Å². The summed E-state index contributed by atoms with van der Waals surface area (Å²) in [6.07, 6.45) is 0. The first kappa shape index (κ1) is 12.5. The van der Waals surface area contributed by atoms with E-state index in [0.29, 0.717) is 0 Å². The van der Waals surface area contributed by atoms with Gasteiger partial charge in [-0.2, -0.15) is 0 Å². The second kappa shape index (κ2) is 4.85. The van der Waals surface area contributed by atoms with Crippen molar-refractivity contribution in [2.75, 3.05) is 7.11 Å². The zero-order valence-corrected chi connectivity index (χ0v) is 12.9. The quantitative estimate of drug-likeness (QED) is 0.694. The van der Waals surface area contributed by atoms with Gasteiger partial charge in [-0.1, -0.05) is 12.1 Å². The number of H-pyrrole nitrogens is 1. The largest absolute Gasteiger partial charge is 0.496 e. The summed E-state index contributed by atoms with van der Waals surface area (Å²) in [5.74, 6) is 1.78. The number of nitrogens with zero attached hydrogens (tertiary/aromatic N) is 1. The third-order valence-electron chi connectivity index (χ3n) is 3.14. The number of halogens is 1. The molecule has 4 heteroatoms. The van der Waals surface area contributed by atoms with Crippen LogP contribution in [0.15, 0.2) is 36.4 Å². The van der Waals surface area contributed by atoms with Gasteiger partial charge >= 0.3 is 0 Å². The summed E-state index contributed by atoms with van der Waals surface area (Å²) in [4.78, 5) is 8.04. The number of rotatable bonds is 2. The number of aryl methyl sites for hydroxylation is 1. The van der Waals surface area contributed by atoms with E-state index >= 15 is 0 Å². The van der Waals surface area contributed by atoms with Crippen LogP contribution in [0.1, 0.15) is 5.56 Å². The Morgan fingerprint density at radius 3 is 2.74 bits per heavy atom. The molecule has 0 unspecified atom stereocenters. The van der Waals surface area contributed by atoms with Crippen LogP contribution >= 0.6 is 22.6 Å². The Labute approximate surface area is 125 Å². The monoisotopic (exact) mass is 364 g/mol. The topological polar surface area (TPSA) is 37.9 Å². The second-order valence-corrected chi connectivity index (χ2v) is 5.57. The van der Waals surface area contributed by atoms with Crippen LogP contribution in [-0.2, 0) is 0 Å². The molecule has 0 aliphatic heterocycles. The molecular weight excluding hydrogens is 351 g/mol. The fourth-order valence-electron chi connectivity index (χ4n) is 2.13. The minimum Gasteiger partial charge on any atom is -0.496 e. The van der Waals surface area contributed by atoms with E-state index in [2.05, 4.69) is 51.6 Å². The number of aromatic amines is 1. The van der Waals surface area contributed by atoms with E-state index in [4.69, 9.17) is 4.74 Å². The van der Waals surface area contributed by atoms with Crippen molar-refractivity contribution in [2.24, 2.45) is 0 Å². The molecule has 0 saturated carbocycles. The van der Waals surface area contributed by atoms with Gasteiger partial charge in [0.25, 0.3) is 0 Å². The zero-order valence-electron chi connectivity index (χ0n) is 10.7. The Balaban J connectivity index is 2.14. The van der Waals surface area contributed by atoms with E-state index in [1.165, 1.54) is 5.56 Å². The molecule has 1 heterocycles. The normalized spacial score (nSPS) is 10.9. The highest BCUT2D eigenvalue weighted by molar-refractivity contribution is 14.1. The summed E-state index contributed by atoms with van der Waals surface area (Å²) in [5.41, 5.74) is 4.35. The zero-order chi connectivity index (χ0) is 13.4. The molecule has 96 valence electrons. The molecule has 0 aliphatic carbocycles. The van der Waals surface area contributed by atoms with Crippen LogP contribution in [0.2, 0.25) is 0 Å². The van der Waals surface area contributed by atoms with Crippen molar-refractivity contribution in [1.82, 2.24) is 9.97 Å². The molecule has 3 aromatic rings. The fourth-order valence-corrected chi connectivity index (χ4v) is 2.86. The first-order chi connectivity index (χ1) is 9.19. The van der Waals surface area contributed by atoms with E-state index in [-0.39, 0.29) is 0 Å². The molecule has 3 rings (SSSR count). The molecule has 0 saturated heterocycles. The highest BCUT2D eigenvalue weighted by atomic mass is 127. The van der Waals surface area contributed by atoms with E-state index < -0.39 is 0 Å². The van der Waals surface area contributed by atoms with Gasteiger partial charge in [0.2, 0.25) is 0 Å². The summed E-state index contributed by atoms with van der Waals surface area (Å²) >= 11 is 2.27. The lowest BCUT2D eigenvalue weighted by atomic mass is 10.2. The number of aromatic nitrogens is 2. The Morgan fingerprint density at radius 2 is 2.05 bits per heavy atom. The maximum Gasteiger partial charge on any atom is 0.138 e. The lowest BCUT2D eigenvalue weighted by molar-refractivity contribution is 0.412. The third kappa shape index (κ3) is 2.20. The number of benzene rings is 2. The molecule has 0 bridgehead atoms. The number of methoxy groups -OCH3 is 1. The smallest absolute Gasteiger partial charge is 0.138 e. The van der Waals surface area contributed by atoms with Crippen molar-refractivity contribution < 1.29 is 4.74 Å². The summed E-state index contributed by atoms with van der Waals surface area (Å²) in [7, 11) is 1.68. The van der Waals surface area contributed by atoms with E-state index in [0.717, 1.165) is 31.7 Å². The predicted octanol–water partition coefficient (Wildman–Crippen LogP) is 4.15. The van der Waals surface area contributed by atoms with Gasteiger partial charge in [-0.3, -0.25) is 0 Å². The first-order valence-electron chi connectivity index (χ1n) is 5.98. The highest BCUT2D eigenvalue weighted by Gasteiger charge is 2.09. The summed E-state index contributed by atoms with van der Waals surface area (Å²) < 4.78 is 6.35. The van der Waals surface area contributed by atoms with Crippen molar-refractivity contribution >= 4 is 33.6 Å². The van der Waals surface area contributed by atoms with E-state index in [1.54, 1.807) is 7.11 Å². The third-order valence-corrected chi connectivity index (χ3v) is 3.98. The van der Waals surface area contributed by atoms with Crippen molar-refractivity contribution in [3.05, 3.63) is 45.5 Å². The number of nitrogens with one attached hydrogen (secondary N) is 1.